The van der Waals surface area contributed by atoms with Crippen LogP contribution in [0.1, 0.15) is 42.5 Å². The van der Waals surface area contributed by atoms with Gasteiger partial charge in [0.1, 0.15) is 0 Å². The summed E-state index contributed by atoms with van der Waals surface area (Å²) < 4.78 is 29.2. The average Bonchev–Trinajstić information content (AvgIpc) is 2.58. The Balaban J connectivity index is 1.77. The fourth-order valence-corrected chi connectivity index (χ4v) is 3.64. The van der Waals surface area contributed by atoms with Gasteiger partial charge in [-0.25, -0.2) is 0 Å². The number of halogens is 2. The molecule has 3 rings (SSSR count). The van der Waals surface area contributed by atoms with E-state index in [2.05, 4.69) is 15.4 Å². The molecular formula is C18H26F2N4O2. The number of nitrogens with zero attached hydrogens (tertiary/aromatic N) is 1. The minimum absolute atomic E-state index is 0.167. The number of nitrogens with one attached hydrogen (secondary N) is 2. The van der Waals surface area contributed by atoms with Gasteiger partial charge in [0.15, 0.2) is 0 Å². The number of amides is 1. The fourth-order valence-electron chi connectivity index (χ4n) is 3.64. The van der Waals surface area contributed by atoms with Crippen LogP contribution >= 0.6 is 0 Å². The largest absolute Gasteiger partial charge is 0.397 e. The van der Waals surface area contributed by atoms with Gasteiger partial charge in [0.05, 0.1) is 28.7 Å². The molecule has 2 fully saturated rings. The molecule has 0 aromatic heterocycles. The molecule has 0 radical (unpaired) electrons. The summed E-state index contributed by atoms with van der Waals surface area (Å²) in [4.78, 5) is 14.7. The lowest BCUT2D eigenvalue weighted by molar-refractivity contribution is -0.167. The van der Waals surface area contributed by atoms with Crippen molar-refractivity contribution in [3.8, 4) is 0 Å². The van der Waals surface area contributed by atoms with Crippen molar-refractivity contribution in [2.75, 3.05) is 36.1 Å². The van der Waals surface area contributed by atoms with Gasteiger partial charge in [-0.1, -0.05) is 19.3 Å². The van der Waals surface area contributed by atoms with Gasteiger partial charge in [-0.2, -0.15) is 8.78 Å². The van der Waals surface area contributed by atoms with Crippen LogP contribution in [0, 0.1) is 0 Å². The van der Waals surface area contributed by atoms with E-state index in [9.17, 15) is 13.6 Å². The molecule has 1 saturated carbocycles. The molecule has 1 aliphatic heterocycles. The topological polar surface area (TPSA) is 79.6 Å². The van der Waals surface area contributed by atoms with Crippen LogP contribution in [0.4, 0.5) is 25.8 Å². The third-order valence-electron chi connectivity index (χ3n) is 5.11. The highest BCUT2D eigenvalue weighted by molar-refractivity contribution is 6.02. The van der Waals surface area contributed by atoms with Crippen LogP contribution in [0.5, 0.6) is 0 Å². The summed E-state index contributed by atoms with van der Waals surface area (Å²) >= 11 is 0. The number of carbonyl (C=O) groups is 1. The molecule has 26 heavy (non-hydrogen) atoms. The highest BCUT2D eigenvalue weighted by Gasteiger charge is 2.33. The van der Waals surface area contributed by atoms with Gasteiger partial charge in [0.2, 0.25) is 0 Å². The summed E-state index contributed by atoms with van der Waals surface area (Å²) in [6, 6.07) is 3.63. The molecule has 1 saturated heterocycles. The van der Waals surface area contributed by atoms with Crippen LogP contribution < -0.4 is 21.3 Å². The van der Waals surface area contributed by atoms with E-state index >= 15 is 0 Å². The van der Waals surface area contributed by atoms with Crippen molar-refractivity contribution >= 4 is 23.0 Å². The summed E-state index contributed by atoms with van der Waals surface area (Å²) in [7, 11) is 1.75. The summed E-state index contributed by atoms with van der Waals surface area (Å²) in [6.45, 7) is -2.14. The van der Waals surface area contributed by atoms with E-state index in [0.717, 1.165) is 25.7 Å². The highest BCUT2D eigenvalue weighted by Crippen LogP contribution is 2.34. The highest BCUT2D eigenvalue weighted by atomic mass is 19.3. The second kappa shape index (κ2) is 8.07. The third kappa shape index (κ3) is 4.17. The van der Waals surface area contributed by atoms with Gasteiger partial charge in [-0.15, -0.1) is 0 Å². The monoisotopic (exact) mass is 368 g/mol. The number of carbonyl (C=O) groups excluding carboxylic acids is 1. The second-order valence-electron chi connectivity index (χ2n) is 6.94. The van der Waals surface area contributed by atoms with Crippen molar-refractivity contribution in [2.45, 2.75) is 50.9 Å². The average molecular weight is 368 g/mol. The van der Waals surface area contributed by atoms with Gasteiger partial charge in [0.25, 0.3) is 5.91 Å². The summed E-state index contributed by atoms with van der Waals surface area (Å²) in [5.74, 6) is -0.167. The van der Waals surface area contributed by atoms with Gasteiger partial charge in [0, 0.05) is 26.2 Å². The van der Waals surface area contributed by atoms with Crippen molar-refractivity contribution in [3.63, 3.8) is 0 Å². The molecule has 6 nitrogen and oxygen atoms in total. The smallest absolute Gasteiger partial charge is 0.345 e. The Morgan fingerprint density at radius 2 is 1.96 bits per heavy atom. The Morgan fingerprint density at radius 1 is 1.27 bits per heavy atom. The number of nitrogen functional groups attached to an aromatic ring is 1. The summed E-state index contributed by atoms with van der Waals surface area (Å²) in [5, 5.41) is 6.09. The second-order valence-corrected chi connectivity index (χ2v) is 6.94. The molecular weight excluding hydrogens is 342 g/mol. The van der Waals surface area contributed by atoms with E-state index in [1.807, 2.05) is 4.90 Å². The Labute approximate surface area is 152 Å². The number of benzene rings is 1. The number of hydrogen-bond acceptors (Lipinski definition) is 5. The van der Waals surface area contributed by atoms with Crippen LogP contribution in [0.15, 0.2) is 12.1 Å². The molecule has 4 N–H and O–H groups in total. The molecule has 1 aliphatic carbocycles. The molecule has 1 amide bonds. The number of nitrogens with two attached hydrogens (primary N) is 1. The first-order chi connectivity index (χ1) is 12.5. The van der Waals surface area contributed by atoms with Crippen LogP contribution in [-0.2, 0) is 4.74 Å². The fraction of sp³-hybridized carbons (Fsp3) is 0.611. The molecule has 0 atom stereocenters. The quantitative estimate of drug-likeness (QED) is 0.673. The summed E-state index contributed by atoms with van der Waals surface area (Å²) in [6.07, 6.45) is 4.90. The first-order valence-corrected chi connectivity index (χ1v) is 9.08. The summed E-state index contributed by atoms with van der Waals surface area (Å²) in [5.41, 5.74) is 8.38. The minimum atomic E-state index is -2.78. The van der Waals surface area contributed by atoms with Crippen molar-refractivity contribution in [1.29, 1.82) is 0 Å². The maximum atomic E-state index is 12.8. The first-order valence-electron chi connectivity index (χ1n) is 9.08. The Kier molecular flexibility index (Phi) is 5.80. The van der Waals surface area contributed by atoms with E-state index in [1.165, 1.54) is 6.42 Å². The maximum Gasteiger partial charge on any atom is 0.345 e. The van der Waals surface area contributed by atoms with E-state index in [1.54, 1.807) is 19.2 Å². The van der Waals surface area contributed by atoms with Crippen molar-refractivity contribution in [3.05, 3.63) is 17.7 Å². The molecule has 0 unspecified atom stereocenters. The SMILES string of the molecule is CNc1cc(N2CC(OC(F)F)C2)c(C(=O)NC2CCCCC2)cc1N. The van der Waals surface area contributed by atoms with E-state index < -0.39 is 12.7 Å². The van der Waals surface area contributed by atoms with Gasteiger partial charge in [-0.05, 0) is 25.0 Å². The van der Waals surface area contributed by atoms with Crippen LogP contribution in [-0.4, -0.2) is 44.8 Å². The molecule has 0 bridgehead atoms. The predicted octanol–water partition coefficient (Wildman–Crippen LogP) is 2.80. The van der Waals surface area contributed by atoms with Gasteiger partial charge < -0.3 is 26.0 Å². The number of ether oxygens (including phenoxy) is 1. The Morgan fingerprint density at radius 3 is 2.58 bits per heavy atom. The lowest BCUT2D eigenvalue weighted by Crippen LogP contribution is -2.53. The number of hydrogen-bond donors (Lipinski definition) is 3. The van der Waals surface area contributed by atoms with E-state index in [4.69, 9.17) is 5.73 Å². The Hall–Kier alpha value is -2.09. The Bertz CT molecular complexity index is 644. The van der Waals surface area contributed by atoms with Gasteiger partial charge in [-0.3, -0.25) is 4.79 Å². The lowest BCUT2D eigenvalue weighted by atomic mass is 9.95. The molecule has 1 aromatic rings. The zero-order valence-corrected chi connectivity index (χ0v) is 14.9. The van der Waals surface area contributed by atoms with Crippen molar-refractivity contribution in [1.82, 2.24) is 5.32 Å². The van der Waals surface area contributed by atoms with Crippen LogP contribution in [0.25, 0.3) is 0 Å². The van der Waals surface area contributed by atoms with Gasteiger partial charge >= 0.3 is 6.61 Å². The van der Waals surface area contributed by atoms with Crippen molar-refractivity contribution in [2.24, 2.45) is 0 Å². The standard InChI is InChI=1S/C18H26F2N4O2/c1-22-15-8-16(24-9-12(10-24)26-18(19)20)13(7-14(15)21)17(25)23-11-5-3-2-4-6-11/h7-8,11-12,18,22H,2-6,9-10,21H2,1H3,(H,23,25). The van der Waals surface area contributed by atoms with E-state index in [0.29, 0.717) is 35.7 Å². The van der Waals surface area contributed by atoms with Crippen molar-refractivity contribution < 1.29 is 18.3 Å². The molecule has 1 heterocycles. The predicted molar refractivity (Wildman–Crippen MR) is 97.8 cm³/mol. The number of rotatable bonds is 6. The first kappa shape index (κ1) is 18.7. The zero-order valence-electron chi connectivity index (χ0n) is 14.9. The molecule has 0 spiro atoms. The third-order valence-corrected chi connectivity index (χ3v) is 5.11. The minimum Gasteiger partial charge on any atom is -0.397 e. The molecule has 1 aromatic carbocycles. The molecule has 8 heteroatoms. The zero-order chi connectivity index (χ0) is 18.7. The van der Waals surface area contributed by atoms with Crippen LogP contribution in [0.3, 0.4) is 0 Å². The normalized spacial score (nSPS) is 18.7. The van der Waals surface area contributed by atoms with Crippen LogP contribution in [0.2, 0.25) is 0 Å². The van der Waals surface area contributed by atoms with E-state index in [-0.39, 0.29) is 11.9 Å². The molecule has 144 valence electrons. The molecule has 2 aliphatic rings. The maximum absolute atomic E-state index is 12.8. The lowest BCUT2D eigenvalue weighted by Gasteiger charge is -2.41. The number of anilines is 3. The number of alkyl halides is 2.